The summed E-state index contributed by atoms with van der Waals surface area (Å²) in [5, 5.41) is 2.90. The van der Waals surface area contributed by atoms with Crippen molar-refractivity contribution < 1.29 is 0 Å². The topological polar surface area (TPSA) is 12.9 Å². The second-order valence-electron chi connectivity index (χ2n) is 5.00. The Balaban J connectivity index is 2.11. The van der Waals surface area contributed by atoms with Crippen molar-refractivity contribution in [1.29, 1.82) is 0 Å². The van der Waals surface area contributed by atoms with Crippen LogP contribution in [0.15, 0.2) is 36.7 Å². The minimum atomic E-state index is 0.331. The quantitative estimate of drug-likeness (QED) is 0.681. The van der Waals surface area contributed by atoms with Gasteiger partial charge in [0.15, 0.2) is 0 Å². The number of pyridine rings is 1. The van der Waals surface area contributed by atoms with Crippen molar-refractivity contribution in [1.82, 2.24) is 4.98 Å². The molecule has 1 heterocycles. The number of nitrogens with zero attached hydrogens (tertiary/aromatic N) is 1. The summed E-state index contributed by atoms with van der Waals surface area (Å²) >= 11 is 6.35. The number of hydrogen-bond donors (Lipinski definition) is 0. The van der Waals surface area contributed by atoms with Gasteiger partial charge in [0.2, 0.25) is 0 Å². The maximum Gasteiger partial charge on any atom is 0.0367 e. The monoisotopic (exact) mass is 245 g/mol. The lowest BCUT2D eigenvalue weighted by molar-refractivity contribution is 0.540. The van der Waals surface area contributed by atoms with E-state index in [1.165, 1.54) is 22.8 Å². The molecule has 2 heteroatoms. The fraction of sp³-hybridized carbons (Fsp3) is 0.400. The lowest BCUT2D eigenvalue weighted by Crippen LogP contribution is -2.09. The molecule has 2 aromatic rings. The number of rotatable bonds is 1. The van der Waals surface area contributed by atoms with Gasteiger partial charge in [-0.05, 0) is 41.7 Å². The van der Waals surface area contributed by atoms with Crippen LogP contribution in [0.25, 0.3) is 10.8 Å². The van der Waals surface area contributed by atoms with Gasteiger partial charge in [-0.2, -0.15) is 0 Å². The van der Waals surface area contributed by atoms with E-state index >= 15 is 0 Å². The predicted molar refractivity (Wildman–Crippen MR) is 72.5 cm³/mol. The first-order chi connectivity index (χ1) is 8.27. The van der Waals surface area contributed by atoms with E-state index in [0.29, 0.717) is 17.2 Å². The molecule has 0 N–H and O–H groups in total. The van der Waals surface area contributed by atoms with Gasteiger partial charge in [-0.15, -0.1) is 11.6 Å². The third-order valence-electron chi connectivity index (χ3n) is 4.07. The minimum Gasteiger partial charge on any atom is -0.264 e. The number of hydrogen-bond acceptors (Lipinski definition) is 1. The molecule has 1 fully saturated rings. The van der Waals surface area contributed by atoms with Gasteiger partial charge in [-0.25, -0.2) is 0 Å². The standard InChI is InChI=1S/C15H16ClN/c1-10-12(5-6-15(10)16)14-4-2-3-11-9-17-8-7-13(11)14/h2-4,7-10,12,15H,5-6H2,1H3. The van der Waals surface area contributed by atoms with E-state index in [4.69, 9.17) is 11.6 Å². The maximum absolute atomic E-state index is 6.35. The van der Waals surface area contributed by atoms with E-state index in [2.05, 4.69) is 36.2 Å². The summed E-state index contributed by atoms with van der Waals surface area (Å²) in [6.45, 7) is 2.27. The molecule has 0 spiro atoms. The molecule has 0 saturated heterocycles. The fourth-order valence-electron chi connectivity index (χ4n) is 3.03. The molecule has 0 bridgehead atoms. The van der Waals surface area contributed by atoms with E-state index in [0.717, 1.165) is 6.42 Å². The Morgan fingerprint density at radius 1 is 1.24 bits per heavy atom. The zero-order valence-electron chi connectivity index (χ0n) is 9.94. The zero-order chi connectivity index (χ0) is 11.8. The molecule has 1 aliphatic carbocycles. The maximum atomic E-state index is 6.35. The fourth-order valence-corrected chi connectivity index (χ4v) is 3.33. The van der Waals surface area contributed by atoms with E-state index in [-0.39, 0.29) is 0 Å². The van der Waals surface area contributed by atoms with Crippen LogP contribution in [0.2, 0.25) is 0 Å². The smallest absolute Gasteiger partial charge is 0.0367 e. The Bertz CT molecular complexity index is 532. The molecule has 1 aliphatic rings. The first kappa shape index (κ1) is 11.0. The highest BCUT2D eigenvalue weighted by Crippen LogP contribution is 2.43. The summed E-state index contributed by atoms with van der Waals surface area (Å²) in [5.74, 6) is 1.17. The molecule has 1 aromatic carbocycles. The van der Waals surface area contributed by atoms with E-state index < -0.39 is 0 Å². The molecule has 1 aromatic heterocycles. The lowest BCUT2D eigenvalue weighted by atomic mass is 9.87. The van der Waals surface area contributed by atoms with Gasteiger partial charge < -0.3 is 0 Å². The molecule has 0 amide bonds. The second-order valence-corrected chi connectivity index (χ2v) is 5.56. The van der Waals surface area contributed by atoms with Crippen molar-refractivity contribution in [3.63, 3.8) is 0 Å². The van der Waals surface area contributed by atoms with Gasteiger partial charge in [0.05, 0.1) is 0 Å². The summed E-state index contributed by atoms with van der Waals surface area (Å²) in [6, 6.07) is 8.63. The number of halogens is 1. The van der Waals surface area contributed by atoms with Crippen LogP contribution in [0.5, 0.6) is 0 Å². The molecule has 88 valence electrons. The Hall–Kier alpha value is -1.08. The highest BCUT2D eigenvalue weighted by molar-refractivity contribution is 6.21. The van der Waals surface area contributed by atoms with Crippen LogP contribution in [0.1, 0.15) is 31.2 Å². The summed E-state index contributed by atoms with van der Waals surface area (Å²) in [7, 11) is 0. The molecular weight excluding hydrogens is 230 g/mol. The molecule has 3 rings (SSSR count). The summed E-state index contributed by atoms with van der Waals surface area (Å²) in [6.07, 6.45) is 6.16. The third kappa shape index (κ3) is 1.83. The number of alkyl halides is 1. The van der Waals surface area contributed by atoms with Crippen LogP contribution in [-0.2, 0) is 0 Å². The van der Waals surface area contributed by atoms with Crippen LogP contribution in [-0.4, -0.2) is 10.4 Å². The molecule has 17 heavy (non-hydrogen) atoms. The van der Waals surface area contributed by atoms with Crippen molar-refractivity contribution >= 4 is 22.4 Å². The van der Waals surface area contributed by atoms with Crippen molar-refractivity contribution in [2.45, 2.75) is 31.1 Å². The SMILES string of the molecule is CC1C(Cl)CCC1c1cccc2cnccc12. The Kier molecular flexibility index (Phi) is 2.79. The van der Waals surface area contributed by atoms with Crippen LogP contribution in [0.3, 0.4) is 0 Å². The molecule has 3 unspecified atom stereocenters. The molecular formula is C15H16ClN. The zero-order valence-corrected chi connectivity index (χ0v) is 10.7. The predicted octanol–water partition coefficient (Wildman–Crippen LogP) is 4.36. The van der Waals surface area contributed by atoms with E-state index in [9.17, 15) is 0 Å². The summed E-state index contributed by atoms with van der Waals surface area (Å²) in [4.78, 5) is 4.19. The highest BCUT2D eigenvalue weighted by atomic mass is 35.5. The van der Waals surface area contributed by atoms with Gasteiger partial charge in [0, 0.05) is 23.2 Å². The average molecular weight is 246 g/mol. The Morgan fingerprint density at radius 3 is 2.88 bits per heavy atom. The van der Waals surface area contributed by atoms with E-state index in [1.54, 1.807) is 0 Å². The molecule has 1 nitrogen and oxygen atoms in total. The van der Waals surface area contributed by atoms with Crippen LogP contribution < -0.4 is 0 Å². The normalized spacial score (nSPS) is 28.7. The molecule has 1 saturated carbocycles. The van der Waals surface area contributed by atoms with Gasteiger partial charge in [0.25, 0.3) is 0 Å². The van der Waals surface area contributed by atoms with Crippen LogP contribution in [0.4, 0.5) is 0 Å². The largest absolute Gasteiger partial charge is 0.264 e. The van der Waals surface area contributed by atoms with Crippen molar-refractivity contribution in [2.24, 2.45) is 5.92 Å². The van der Waals surface area contributed by atoms with Crippen molar-refractivity contribution in [3.8, 4) is 0 Å². The highest BCUT2D eigenvalue weighted by Gasteiger charge is 2.32. The molecule has 0 aliphatic heterocycles. The van der Waals surface area contributed by atoms with Crippen molar-refractivity contribution in [3.05, 3.63) is 42.2 Å². The first-order valence-corrected chi connectivity index (χ1v) is 6.67. The summed E-state index contributed by atoms with van der Waals surface area (Å²) in [5.41, 5.74) is 1.44. The Labute approximate surface area is 107 Å². The van der Waals surface area contributed by atoms with Gasteiger partial charge in [-0.1, -0.05) is 25.1 Å². The first-order valence-electron chi connectivity index (χ1n) is 6.24. The average Bonchev–Trinajstić information content (AvgIpc) is 2.69. The lowest BCUT2D eigenvalue weighted by Gasteiger charge is -2.19. The molecule has 0 radical (unpaired) electrons. The molecule has 3 atom stereocenters. The number of aromatic nitrogens is 1. The van der Waals surface area contributed by atoms with E-state index in [1.807, 2.05) is 12.4 Å². The van der Waals surface area contributed by atoms with Gasteiger partial charge in [-0.3, -0.25) is 4.98 Å². The van der Waals surface area contributed by atoms with Crippen molar-refractivity contribution in [2.75, 3.05) is 0 Å². The number of benzene rings is 1. The second kappa shape index (κ2) is 4.30. The number of fused-ring (bicyclic) bond motifs is 1. The van der Waals surface area contributed by atoms with Gasteiger partial charge >= 0.3 is 0 Å². The van der Waals surface area contributed by atoms with Crippen LogP contribution in [0, 0.1) is 5.92 Å². The summed E-state index contributed by atoms with van der Waals surface area (Å²) < 4.78 is 0. The Morgan fingerprint density at radius 2 is 2.12 bits per heavy atom. The van der Waals surface area contributed by atoms with Gasteiger partial charge in [0.1, 0.15) is 0 Å². The minimum absolute atomic E-state index is 0.331. The third-order valence-corrected chi connectivity index (χ3v) is 4.69. The van der Waals surface area contributed by atoms with Crippen LogP contribution >= 0.6 is 11.6 Å².